The van der Waals surface area contributed by atoms with Crippen LogP contribution in [0.15, 0.2) is 11.4 Å². The fourth-order valence-corrected chi connectivity index (χ4v) is 3.51. The summed E-state index contributed by atoms with van der Waals surface area (Å²) >= 11 is 1.57. The van der Waals surface area contributed by atoms with E-state index in [1.807, 2.05) is 11.4 Å². The van der Waals surface area contributed by atoms with Gasteiger partial charge in [0.1, 0.15) is 5.69 Å². The molecule has 0 saturated carbocycles. The molecule has 0 aliphatic carbocycles. The van der Waals surface area contributed by atoms with Gasteiger partial charge in [0.2, 0.25) is 11.6 Å². The molecule has 106 valence electrons. The summed E-state index contributed by atoms with van der Waals surface area (Å²) in [6.45, 7) is 2.05. The third kappa shape index (κ3) is 1.88. The molecule has 7 heteroatoms. The first-order chi connectivity index (χ1) is 9.50. The molecule has 0 amide bonds. The molecule has 1 unspecified atom stereocenters. The molecule has 1 atom stereocenters. The van der Waals surface area contributed by atoms with E-state index < -0.39 is 29.2 Å². The minimum absolute atomic E-state index is 0.297. The minimum Gasteiger partial charge on any atom is -0.359 e. The van der Waals surface area contributed by atoms with Gasteiger partial charge in [-0.15, -0.1) is 11.3 Å². The Bertz CT molecular complexity index is 644. The molecule has 0 radical (unpaired) electrons. The zero-order chi connectivity index (χ0) is 14.4. The van der Waals surface area contributed by atoms with Crippen LogP contribution >= 0.6 is 11.3 Å². The van der Waals surface area contributed by atoms with E-state index in [-0.39, 0.29) is 6.04 Å². The van der Waals surface area contributed by atoms with E-state index in [0.717, 1.165) is 10.4 Å². The summed E-state index contributed by atoms with van der Waals surface area (Å²) < 4.78 is 54.1. The van der Waals surface area contributed by atoms with Gasteiger partial charge in [-0.2, -0.15) is 22.5 Å². The van der Waals surface area contributed by atoms with Crippen LogP contribution in [0.4, 0.5) is 23.2 Å². The van der Waals surface area contributed by atoms with Gasteiger partial charge in [-0.1, -0.05) is 0 Å². The molecule has 0 spiro atoms. The smallest absolute Gasteiger partial charge is 0.253 e. The maximum absolute atomic E-state index is 13.8. The largest absolute Gasteiger partial charge is 0.359 e. The van der Waals surface area contributed by atoms with E-state index >= 15 is 0 Å². The van der Waals surface area contributed by atoms with Gasteiger partial charge in [0, 0.05) is 11.4 Å². The van der Waals surface area contributed by atoms with Crippen LogP contribution in [0.3, 0.4) is 0 Å². The Balaban J connectivity index is 2.11. The average Bonchev–Trinajstić information content (AvgIpc) is 2.88. The van der Waals surface area contributed by atoms with Crippen LogP contribution in [-0.4, -0.2) is 11.5 Å². The molecule has 0 fully saturated rings. The number of aromatic nitrogens is 1. The Labute approximate surface area is 116 Å². The number of nitrogens with zero attached hydrogens (tertiary/aromatic N) is 2. The molecular formula is C13H10F4N2S. The second-order valence-electron chi connectivity index (χ2n) is 4.59. The highest BCUT2D eigenvalue weighted by atomic mass is 32.1. The van der Waals surface area contributed by atoms with Crippen molar-refractivity contribution in [3.8, 4) is 0 Å². The third-order valence-electron chi connectivity index (χ3n) is 3.54. The van der Waals surface area contributed by atoms with Gasteiger partial charge in [0.25, 0.3) is 11.9 Å². The number of hydrogen-bond acceptors (Lipinski definition) is 3. The molecule has 2 aromatic rings. The van der Waals surface area contributed by atoms with Gasteiger partial charge in [-0.05, 0) is 30.4 Å². The maximum Gasteiger partial charge on any atom is 0.253 e. The van der Waals surface area contributed by atoms with E-state index in [4.69, 9.17) is 0 Å². The highest BCUT2D eigenvalue weighted by molar-refractivity contribution is 7.10. The molecule has 0 N–H and O–H groups in total. The lowest BCUT2D eigenvalue weighted by atomic mass is 10.0. The first kappa shape index (κ1) is 13.4. The Morgan fingerprint density at radius 1 is 1.20 bits per heavy atom. The summed E-state index contributed by atoms with van der Waals surface area (Å²) in [6, 6.07) is 1.51. The van der Waals surface area contributed by atoms with Gasteiger partial charge in [0.05, 0.1) is 6.04 Å². The van der Waals surface area contributed by atoms with Crippen molar-refractivity contribution in [3.05, 3.63) is 45.4 Å². The predicted octanol–water partition coefficient (Wildman–Crippen LogP) is 3.82. The van der Waals surface area contributed by atoms with Crippen molar-refractivity contribution in [3.63, 3.8) is 0 Å². The number of thiophene rings is 1. The van der Waals surface area contributed by atoms with Crippen molar-refractivity contribution < 1.29 is 17.6 Å². The first-order valence-corrected chi connectivity index (χ1v) is 6.91. The van der Waals surface area contributed by atoms with E-state index in [2.05, 4.69) is 4.98 Å². The van der Waals surface area contributed by atoms with Crippen LogP contribution in [0.5, 0.6) is 0 Å². The van der Waals surface area contributed by atoms with Crippen molar-refractivity contribution in [2.45, 2.75) is 19.4 Å². The third-order valence-corrected chi connectivity index (χ3v) is 4.54. The quantitative estimate of drug-likeness (QED) is 0.588. The van der Waals surface area contributed by atoms with Crippen LogP contribution in [0.25, 0.3) is 0 Å². The summed E-state index contributed by atoms with van der Waals surface area (Å²) in [5.41, 5.74) is 0.247. The summed E-state index contributed by atoms with van der Waals surface area (Å²) in [7, 11) is 0. The van der Waals surface area contributed by atoms with Crippen LogP contribution in [0.1, 0.15) is 23.4 Å². The van der Waals surface area contributed by atoms with Gasteiger partial charge in [-0.3, -0.25) is 0 Å². The van der Waals surface area contributed by atoms with E-state index in [0.29, 0.717) is 13.0 Å². The lowest BCUT2D eigenvalue weighted by Gasteiger charge is -2.35. The zero-order valence-electron chi connectivity index (χ0n) is 10.5. The van der Waals surface area contributed by atoms with E-state index in [1.54, 1.807) is 18.3 Å². The van der Waals surface area contributed by atoms with Crippen LogP contribution in [0.2, 0.25) is 0 Å². The van der Waals surface area contributed by atoms with Gasteiger partial charge in [0.15, 0.2) is 0 Å². The minimum atomic E-state index is -1.62. The van der Waals surface area contributed by atoms with Crippen molar-refractivity contribution >= 4 is 17.0 Å². The van der Waals surface area contributed by atoms with Crippen molar-refractivity contribution in [1.29, 1.82) is 0 Å². The first-order valence-electron chi connectivity index (χ1n) is 6.03. The molecule has 3 heterocycles. The topological polar surface area (TPSA) is 16.1 Å². The number of rotatable bonds is 1. The van der Waals surface area contributed by atoms with Crippen molar-refractivity contribution in [1.82, 2.24) is 4.98 Å². The molecule has 0 bridgehead atoms. The monoisotopic (exact) mass is 302 g/mol. The van der Waals surface area contributed by atoms with E-state index in [9.17, 15) is 17.6 Å². The SMILES string of the molecule is CC1c2ccsc2CCN1c1c(F)c(F)nc(F)c1F. The van der Waals surface area contributed by atoms with Crippen molar-refractivity contribution in [2.24, 2.45) is 0 Å². The fourth-order valence-electron chi connectivity index (χ4n) is 2.54. The number of halogens is 4. The Morgan fingerprint density at radius 2 is 1.85 bits per heavy atom. The fraction of sp³-hybridized carbons (Fsp3) is 0.308. The van der Waals surface area contributed by atoms with Crippen LogP contribution in [-0.2, 0) is 6.42 Å². The highest BCUT2D eigenvalue weighted by Crippen LogP contribution is 2.38. The van der Waals surface area contributed by atoms with Gasteiger partial charge < -0.3 is 4.90 Å². The normalized spacial score (nSPS) is 18.2. The highest BCUT2D eigenvalue weighted by Gasteiger charge is 2.32. The lowest BCUT2D eigenvalue weighted by Crippen LogP contribution is -2.35. The molecule has 0 saturated heterocycles. The molecule has 1 aliphatic heterocycles. The Morgan fingerprint density at radius 3 is 2.50 bits per heavy atom. The Hall–Kier alpha value is -1.63. The lowest BCUT2D eigenvalue weighted by molar-refractivity contribution is 0.402. The second-order valence-corrected chi connectivity index (χ2v) is 5.59. The molecule has 2 nitrogen and oxygen atoms in total. The van der Waals surface area contributed by atoms with Crippen LogP contribution < -0.4 is 4.90 Å². The summed E-state index contributed by atoms with van der Waals surface area (Å²) in [6.07, 6.45) is 0.585. The molecule has 2 aromatic heterocycles. The number of pyridine rings is 1. The zero-order valence-corrected chi connectivity index (χ0v) is 11.3. The molecule has 0 aromatic carbocycles. The van der Waals surface area contributed by atoms with Gasteiger partial charge >= 0.3 is 0 Å². The summed E-state index contributed by atoms with van der Waals surface area (Å²) in [5, 5.41) is 1.89. The van der Waals surface area contributed by atoms with E-state index in [1.165, 1.54) is 4.90 Å². The standard InChI is InChI=1S/C13H10F4N2S/c1-6-7-3-5-20-8(7)2-4-19(6)11-9(14)12(16)18-13(17)10(11)15/h3,5-6H,2,4H2,1H3. The molecule has 3 rings (SSSR count). The number of hydrogen-bond donors (Lipinski definition) is 0. The van der Waals surface area contributed by atoms with Crippen molar-refractivity contribution in [2.75, 3.05) is 11.4 Å². The van der Waals surface area contributed by atoms with Crippen LogP contribution in [0, 0.1) is 23.5 Å². The molecular weight excluding hydrogens is 292 g/mol. The second kappa shape index (κ2) is 4.73. The number of fused-ring (bicyclic) bond motifs is 1. The molecule has 1 aliphatic rings. The average molecular weight is 302 g/mol. The maximum atomic E-state index is 13.8. The van der Waals surface area contributed by atoms with Gasteiger partial charge in [-0.25, -0.2) is 0 Å². The predicted molar refractivity (Wildman–Crippen MR) is 67.9 cm³/mol. The molecule has 20 heavy (non-hydrogen) atoms. The summed E-state index contributed by atoms with van der Waals surface area (Å²) in [5.74, 6) is -6.15. The summed E-state index contributed by atoms with van der Waals surface area (Å²) in [4.78, 5) is 5.05. The Kier molecular flexibility index (Phi) is 3.16. The number of anilines is 1.